The van der Waals surface area contributed by atoms with E-state index in [2.05, 4.69) is 0 Å². The van der Waals surface area contributed by atoms with Crippen LogP contribution in [0.1, 0.15) is 11.1 Å². The van der Waals surface area contributed by atoms with Crippen molar-refractivity contribution in [2.75, 3.05) is 7.11 Å². The highest BCUT2D eigenvalue weighted by Gasteiger charge is 2.07. The number of aliphatic carboxylic acids is 1. The number of nitrogens with zero attached hydrogens (tertiary/aromatic N) is 1. The highest BCUT2D eigenvalue weighted by Crippen LogP contribution is 2.20. The average molecular weight is 191 g/mol. The SMILES string of the molecule is COc1cc(C#N)ccc1CC(=O)O. The van der Waals surface area contributed by atoms with Crippen molar-refractivity contribution in [3.05, 3.63) is 29.3 Å². The van der Waals surface area contributed by atoms with Gasteiger partial charge in [0.1, 0.15) is 5.75 Å². The maximum Gasteiger partial charge on any atom is 0.307 e. The van der Waals surface area contributed by atoms with Crippen molar-refractivity contribution in [3.8, 4) is 11.8 Å². The Kier molecular flexibility index (Phi) is 3.08. The summed E-state index contributed by atoms with van der Waals surface area (Å²) >= 11 is 0. The highest BCUT2D eigenvalue weighted by atomic mass is 16.5. The van der Waals surface area contributed by atoms with E-state index in [0.29, 0.717) is 16.9 Å². The molecule has 0 saturated carbocycles. The summed E-state index contributed by atoms with van der Waals surface area (Å²) in [4.78, 5) is 10.5. The second-order valence-electron chi connectivity index (χ2n) is 2.71. The largest absolute Gasteiger partial charge is 0.496 e. The molecular formula is C10H9NO3. The van der Waals surface area contributed by atoms with Crippen LogP contribution in [0, 0.1) is 11.3 Å². The maximum absolute atomic E-state index is 10.5. The summed E-state index contributed by atoms with van der Waals surface area (Å²) in [5, 5.41) is 17.2. The standard InChI is InChI=1S/C10H9NO3/c1-14-9-4-7(6-11)2-3-8(9)5-10(12)13/h2-4H,5H2,1H3,(H,12,13). The van der Waals surface area contributed by atoms with Crippen LogP contribution in [0.5, 0.6) is 5.75 Å². The summed E-state index contributed by atoms with van der Waals surface area (Å²) in [6.07, 6.45) is -0.102. The van der Waals surface area contributed by atoms with E-state index in [9.17, 15) is 4.79 Å². The molecule has 0 aliphatic carbocycles. The molecule has 0 aromatic heterocycles. The van der Waals surface area contributed by atoms with Crippen molar-refractivity contribution in [2.45, 2.75) is 6.42 Å². The number of hydrogen-bond acceptors (Lipinski definition) is 3. The molecule has 0 fully saturated rings. The first-order valence-corrected chi connectivity index (χ1v) is 3.96. The predicted molar refractivity (Wildman–Crippen MR) is 49.0 cm³/mol. The first-order chi connectivity index (χ1) is 6.67. The Morgan fingerprint density at radius 3 is 2.86 bits per heavy atom. The third kappa shape index (κ3) is 2.23. The Hall–Kier alpha value is -2.02. The minimum Gasteiger partial charge on any atom is -0.496 e. The van der Waals surface area contributed by atoms with Crippen molar-refractivity contribution in [2.24, 2.45) is 0 Å². The summed E-state index contributed by atoms with van der Waals surface area (Å²) in [6.45, 7) is 0. The number of ether oxygens (including phenoxy) is 1. The van der Waals surface area contributed by atoms with Gasteiger partial charge in [0.25, 0.3) is 0 Å². The van der Waals surface area contributed by atoms with Gasteiger partial charge < -0.3 is 9.84 Å². The molecule has 0 bridgehead atoms. The Labute approximate surface area is 81.4 Å². The molecular weight excluding hydrogens is 182 g/mol. The van der Waals surface area contributed by atoms with Gasteiger partial charge in [-0.2, -0.15) is 5.26 Å². The third-order valence-electron chi connectivity index (χ3n) is 1.76. The van der Waals surface area contributed by atoms with Crippen molar-refractivity contribution < 1.29 is 14.6 Å². The van der Waals surface area contributed by atoms with E-state index in [1.54, 1.807) is 12.1 Å². The number of benzene rings is 1. The van der Waals surface area contributed by atoms with Crippen LogP contribution in [-0.2, 0) is 11.2 Å². The minimum absolute atomic E-state index is 0.102. The number of hydrogen-bond donors (Lipinski definition) is 1. The van der Waals surface area contributed by atoms with Gasteiger partial charge in [0.2, 0.25) is 0 Å². The molecule has 1 N–H and O–H groups in total. The zero-order valence-corrected chi connectivity index (χ0v) is 7.65. The van der Waals surface area contributed by atoms with Crippen molar-refractivity contribution >= 4 is 5.97 Å². The lowest BCUT2D eigenvalue weighted by Crippen LogP contribution is -2.02. The summed E-state index contributed by atoms with van der Waals surface area (Å²) in [7, 11) is 1.45. The fraction of sp³-hybridized carbons (Fsp3) is 0.200. The molecule has 1 aromatic carbocycles. The molecule has 0 unspecified atom stereocenters. The van der Waals surface area contributed by atoms with Crippen LogP contribution >= 0.6 is 0 Å². The van der Waals surface area contributed by atoms with Gasteiger partial charge in [-0.1, -0.05) is 6.07 Å². The molecule has 1 rings (SSSR count). The molecule has 0 radical (unpaired) electrons. The van der Waals surface area contributed by atoms with Gasteiger partial charge >= 0.3 is 5.97 Å². The molecule has 4 nitrogen and oxygen atoms in total. The molecule has 0 saturated heterocycles. The van der Waals surface area contributed by atoms with Crippen LogP contribution < -0.4 is 4.74 Å². The Balaban J connectivity index is 3.06. The van der Waals surface area contributed by atoms with E-state index in [4.69, 9.17) is 15.1 Å². The smallest absolute Gasteiger partial charge is 0.307 e. The monoisotopic (exact) mass is 191 g/mol. The second kappa shape index (κ2) is 4.28. The maximum atomic E-state index is 10.5. The van der Waals surface area contributed by atoms with Crippen LogP contribution in [0.15, 0.2) is 18.2 Å². The van der Waals surface area contributed by atoms with Crippen LogP contribution in [0.4, 0.5) is 0 Å². The number of nitriles is 1. The van der Waals surface area contributed by atoms with Gasteiger partial charge in [-0.15, -0.1) is 0 Å². The van der Waals surface area contributed by atoms with Gasteiger partial charge in [0.05, 0.1) is 25.2 Å². The molecule has 0 atom stereocenters. The minimum atomic E-state index is -0.923. The fourth-order valence-corrected chi connectivity index (χ4v) is 1.12. The number of methoxy groups -OCH3 is 1. The molecule has 0 aliphatic heterocycles. The lowest BCUT2D eigenvalue weighted by Gasteiger charge is -2.05. The fourth-order valence-electron chi connectivity index (χ4n) is 1.12. The lowest BCUT2D eigenvalue weighted by molar-refractivity contribution is -0.136. The number of rotatable bonds is 3. The van der Waals surface area contributed by atoms with Crippen LogP contribution in [0.3, 0.4) is 0 Å². The molecule has 0 amide bonds. The molecule has 1 aromatic rings. The Morgan fingerprint density at radius 1 is 1.64 bits per heavy atom. The van der Waals surface area contributed by atoms with Gasteiger partial charge in [-0.05, 0) is 12.1 Å². The first kappa shape index (κ1) is 10.1. The molecule has 4 heteroatoms. The summed E-state index contributed by atoms with van der Waals surface area (Å²) in [5.41, 5.74) is 1.02. The summed E-state index contributed by atoms with van der Waals surface area (Å²) < 4.78 is 4.97. The van der Waals surface area contributed by atoms with Gasteiger partial charge in [-0.3, -0.25) is 4.79 Å². The number of carboxylic acids is 1. The second-order valence-corrected chi connectivity index (χ2v) is 2.71. The van der Waals surface area contributed by atoms with Crippen LogP contribution in [0.2, 0.25) is 0 Å². The van der Waals surface area contributed by atoms with Crippen molar-refractivity contribution in [1.29, 1.82) is 5.26 Å². The van der Waals surface area contributed by atoms with Gasteiger partial charge in [0, 0.05) is 5.56 Å². The zero-order valence-electron chi connectivity index (χ0n) is 7.65. The van der Waals surface area contributed by atoms with Crippen LogP contribution in [0.25, 0.3) is 0 Å². The molecule has 0 spiro atoms. The lowest BCUT2D eigenvalue weighted by atomic mass is 10.1. The Bertz CT molecular complexity index is 393. The molecule has 0 aliphatic rings. The average Bonchev–Trinajstić information content (AvgIpc) is 2.17. The zero-order chi connectivity index (χ0) is 10.6. The Morgan fingerprint density at radius 2 is 2.36 bits per heavy atom. The predicted octanol–water partition coefficient (Wildman–Crippen LogP) is 1.19. The van der Waals surface area contributed by atoms with Gasteiger partial charge in [0.15, 0.2) is 0 Å². The van der Waals surface area contributed by atoms with E-state index >= 15 is 0 Å². The van der Waals surface area contributed by atoms with E-state index < -0.39 is 5.97 Å². The van der Waals surface area contributed by atoms with Gasteiger partial charge in [-0.25, -0.2) is 0 Å². The van der Waals surface area contributed by atoms with Crippen molar-refractivity contribution in [3.63, 3.8) is 0 Å². The summed E-state index contributed by atoms with van der Waals surface area (Å²) in [6, 6.07) is 6.64. The highest BCUT2D eigenvalue weighted by molar-refractivity contribution is 5.71. The normalized spacial score (nSPS) is 9.14. The third-order valence-corrected chi connectivity index (χ3v) is 1.76. The van der Waals surface area contributed by atoms with Crippen LogP contribution in [-0.4, -0.2) is 18.2 Å². The topological polar surface area (TPSA) is 70.3 Å². The number of carbonyl (C=O) groups is 1. The quantitative estimate of drug-likeness (QED) is 0.779. The summed E-state index contributed by atoms with van der Waals surface area (Å²) in [5.74, 6) is -0.487. The van der Waals surface area contributed by atoms with E-state index in [1.165, 1.54) is 13.2 Å². The molecule has 0 heterocycles. The number of carboxylic acid groups (broad SMARTS) is 1. The molecule has 72 valence electrons. The van der Waals surface area contributed by atoms with E-state index in [1.807, 2.05) is 6.07 Å². The van der Waals surface area contributed by atoms with E-state index in [-0.39, 0.29) is 6.42 Å². The first-order valence-electron chi connectivity index (χ1n) is 3.96. The van der Waals surface area contributed by atoms with E-state index in [0.717, 1.165) is 0 Å². The van der Waals surface area contributed by atoms with Crippen molar-refractivity contribution in [1.82, 2.24) is 0 Å². The molecule has 14 heavy (non-hydrogen) atoms.